The number of furan rings is 1. The normalized spacial score (nSPS) is 12.1. The van der Waals surface area contributed by atoms with Crippen molar-refractivity contribution in [1.29, 1.82) is 0 Å². The van der Waals surface area contributed by atoms with Gasteiger partial charge in [-0.1, -0.05) is 29.3 Å². The number of hydrogen-bond acceptors (Lipinski definition) is 4. The molecule has 4 nitrogen and oxygen atoms in total. The summed E-state index contributed by atoms with van der Waals surface area (Å²) in [6.07, 6.45) is 1.81. The molecule has 2 heterocycles. The first-order chi connectivity index (χ1) is 11.5. The molecule has 0 fully saturated rings. The topological polar surface area (TPSA) is 55.1 Å². The zero-order valence-corrected chi connectivity index (χ0v) is 15.1. The Hall–Kier alpha value is -1.82. The van der Waals surface area contributed by atoms with Crippen LogP contribution in [-0.2, 0) is 11.2 Å². The van der Waals surface area contributed by atoms with Crippen molar-refractivity contribution in [2.24, 2.45) is 0 Å². The van der Waals surface area contributed by atoms with E-state index in [-0.39, 0.29) is 18.4 Å². The fraction of sp³-hybridized carbons (Fsp3) is 0.176. The molecule has 0 saturated carbocycles. The number of carbonyl (C=O) groups excluding carboxylic acids is 1. The number of halogens is 2. The summed E-state index contributed by atoms with van der Waals surface area (Å²) in [4.78, 5) is 16.6. The third-order valence-electron chi connectivity index (χ3n) is 3.45. The van der Waals surface area contributed by atoms with Crippen molar-refractivity contribution in [2.45, 2.75) is 19.4 Å². The van der Waals surface area contributed by atoms with Crippen molar-refractivity contribution in [1.82, 2.24) is 10.3 Å². The van der Waals surface area contributed by atoms with Gasteiger partial charge in [-0.05, 0) is 36.8 Å². The van der Waals surface area contributed by atoms with E-state index < -0.39 is 0 Å². The number of thiazole rings is 1. The molecule has 3 aromatic rings. The Bertz CT molecular complexity index is 846. The lowest BCUT2D eigenvalue weighted by atomic mass is 10.1. The summed E-state index contributed by atoms with van der Waals surface area (Å²) < 4.78 is 5.31. The van der Waals surface area contributed by atoms with Crippen molar-refractivity contribution in [3.8, 4) is 10.8 Å². The van der Waals surface area contributed by atoms with Gasteiger partial charge in [0.25, 0.3) is 0 Å². The van der Waals surface area contributed by atoms with Gasteiger partial charge in [0.05, 0.1) is 34.5 Å². The van der Waals surface area contributed by atoms with Crippen LogP contribution in [0, 0.1) is 0 Å². The highest BCUT2D eigenvalue weighted by Gasteiger charge is 2.14. The van der Waals surface area contributed by atoms with Crippen molar-refractivity contribution in [3.63, 3.8) is 0 Å². The van der Waals surface area contributed by atoms with Crippen LogP contribution in [0.15, 0.2) is 46.4 Å². The van der Waals surface area contributed by atoms with E-state index in [1.54, 1.807) is 18.4 Å². The number of rotatable bonds is 5. The summed E-state index contributed by atoms with van der Waals surface area (Å²) in [6.45, 7) is 1.90. The smallest absolute Gasteiger partial charge is 0.226 e. The monoisotopic (exact) mass is 380 g/mol. The van der Waals surface area contributed by atoms with Crippen molar-refractivity contribution < 1.29 is 9.21 Å². The number of benzene rings is 1. The molecule has 0 aliphatic rings. The maximum absolute atomic E-state index is 12.2. The first-order valence-corrected chi connectivity index (χ1v) is 8.89. The van der Waals surface area contributed by atoms with Crippen LogP contribution in [0.4, 0.5) is 0 Å². The summed E-state index contributed by atoms with van der Waals surface area (Å²) in [5.41, 5.74) is 1.61. The Morgan fingerprint density at radius 2 is 2.17 bits per heavy atom. The van der Waals surface area contributed by atoms with Gasteiger partial charge in [-0.25, -0.2) is 4.98 Å². The molecular formula is C17H14Cl2N2O2S. The molecular weight excluding hydrogens is 367 g/mol. The average molecular weight is 381 g/mol. The van der Waals surface area contributed by atoms with Gasteiger partial charge in [0, 0.05) is 5.38 Å². The quantitative estimate of drug-likeness (QED) is 0.667. The highest BCUT2D eigenvalue weighted by atomic mass is 35.5. The van der Waals surface area contributed by atoms with Gasteiger partial charge >= 0.3 is 0 Å². The largest absolute Gasteiger partial charge is 0.462 e. The van der Waals surface area contributed by atoms with Crippen LogP contribution >= 0.6 is 34.5 Å². The molecule has 0 spiro atoms. The van der Waals surface area contributed by atoms with Gasteiger partial charge in [0.1, 0.15) is 0 Å². The second-order valence-electron chi connectivity index (χ2n) is 5.26. The van der Waals surface area contributed by atoms with Gasteiger partial charge in [-0.15, -0.1) is 11.3 Å². The van der Waals surface area contributed by atoms with E-state index in [0.717, 1.165) is 10.6 Å². The second kappa shape index (κ2) is 7.38. The predicted molar refractivity (Wildman–Crippen MR) is 96.5 cm³/mol. The summed E-state index contributed by atoms with van der Waals surface area (Å²) in [6, 6.07) is 8.80. The average Bonchev–Trinajstić information content (AvgIpc) is 3.20. The van der Waals surface area contributed by atoms with Crippen molar-refractivity contribution in [3.05, 3.63) is 63.3 Å². The van der Waals surface area contributed by atoms with Crippen LogP contribution in [0.1, 0.15) is 24.2 Å². The van der Waals surface area contributed by atoms with E-state index in [2.05, 4.69) is 10.3 Å². The Kier molecular flexibility index (Phi) is 5.23. The molecule has 0 bridgehead atoms. The molecule has 0 aliphatic carbocycles. The first kappa shape index (κ1) is 17.0. The highest BCUT2D eigenvalue weighted by Crippen LogP contribution is 2.26. The minimum atomic E-state index is -0.171. The van der Waals surface area contributed by atoms with Crippen LogP contribution in [-0.4, -0.2) is 10.9 Å². The van der Waals surface area contributed by atoms with Crippen LogP contribution < -0.4 is 5.32 Å². The van der Waals surface area contributed by atoms with Crippen LogP contribution in [0.25, 0.3) is 10.8 Å². The fourth-order valence-electron chi connectivity index (χ4n) is 2.22. The summed E-state index contributed by atoms with van der Waals surface area (Å²) >= 11 is 13.4. The molecule has 7 heteroatoms. The van der Waals surface area contributed by atoms with Gasteiger partial charge in [-0.2, -0.15) is 0 Å². The van der Waals surface area contributed by atoms with Crippen LogP contribution in [0.3, 0.4) is 0 Å². The van der Waals surface area contributed by atoms with E-state index in [1.165, 1.54) is 11.3 Å². The van der Waals surface area contributed by atoms with Gasteiger partial charge in [0.2, 0.25) is 5.91 Å². The van der Waals surface area contributed by atoms with E-state index in [9.17, 15) is 4.79 Å². The minimum Gasteiger partial charge on any atom is -0.462 e. The molecule has 124 valence electrons. The lowest BCUT2D eigenvalue weighted by Crippen LogP contribution is -2.28. The lowest BCUT2D eigenvalue weighted by Gasteiger charge is -2.14. The molecule has 0 saturated heterocycles. The number of aromatic nitrogens is 1. The Balaban J connectivity index is 1.62. The number of amides is 1. The van der Waals surface area contributed by atoms with Crippen molar-refractivity contribution >= 4 is 40.4 Å². The maximum atomic E-state index is 12.2. The molecule has 1 atom stereocenters. The third-order valence-corrected chi connectivity index (χ3v) is 5.09. The van der Waals surface area contributed by atoms with Crippen molar-refractivity contribution in [2.75, 3.05) is 0 Å². The van der Waals surface area contributed by atoms with Crippen LogP contribution in [0.5, 0.6) is 0 Å². The van der Waals surface area contributed by atoms with Gasteiger partial charge in [-0.3, -0.25) is 4.79 Å². The molecule has 3 rings (SSSR count). The van der Waals surface area contributed by atoms with E-state index in [1.807, 2.05) is 30.5 Å². The minimum absolute atomic E-state index is 0.107. The maximum Gasteiger partial charge on any atom is 0.226 e. The molecule has 1 aromatic carbocycles. The molecule has 1 unspecified atom stereocenters. The Morgan fingerprint density at radius 1 is 1.33 bits per heavy atom. The van der Waals surface area contributed by atoms with E-state index in [4.69, 9.17) is 27.6 Å². The zero-order valence-electron chi connectivity index (χ0n) is 12.8. The van der Waals surface area contributed by atoms with E-state index >= 15 is 0 Å². The number of hydrogen-bond donors (Lipinski definition) is 1. The number of carbonyl (C=O) groups is 1. The van der Waals surface area contributed by atoms with Gasteiger partial charge < -0.3 is 9.73 Å². The fourth-order valence-corrected chi connectivity index (χ4v) is 3.32. The third kappa shape index (κ3) is 3.98. The summed E-state index contributed by atoms with van der Waals surface area (Å²) in [7, 11) is 0. The first-order valence-electron chi connectivity index (χ1n) is 7.25. The Morgan fingerprint density at radius 3 is 2.88 bits per heavy atom. The molecule has 1 amide bonds. The molecule has 1 N–H and O–H groups in total. The Labute approximate surface area is 153 Å². The molecule has 0 radical (unpaired) electrons. The second-order valence-corrected chi connectivity index (χ2v) is 6.93. The SMILES string of the molecule is CC(NC(=O)Cc1csc(-c2ccco2)n1)c1ccc(Cl)c(Cl)c1. The predicted octanol–water partition coefficient (Wildman–Crippen LogP) is 5.13. The molecule has 24 heavy (non-hydrogen) atoms. The molecule has 2 aromatic heterocycles. The van der Waals surface area contributed by atoms with E-state index in [0.29, 0.717) is 21.5 Å². The molecule has 0 aliphatic heterocycles. The lowest BCUT2D eigenvalue weighted by molar-refractivity contribution is -0.121. The summed E-state index contributed by atoms with van der Waals surface area (Å²) in [5, 5.41) is 6.53. The number of nitrogens with one attached hydrogen (secondary N) is 1. The zero-order chi connectivity index (χ0) is 17.1. The standard InChI is InChI=1S/C17H14Cl2N2O2S/c1-10(11-4-5-13(18)14(19)7-11)20-16(22)8-12-9-24-17(21-12)15-3-2-6-23-15/h2-7,9-10H,8H2,1H3,(H,20,22). The van der Waals surface area contributed by atoms with Gasteiger partial charge in [0.15, 0.2) is 10.8 Å². The van der Waals surface area contributed by atoms with Crippen LogP contribution in [0.2, 0.25) is 10.0 Å². The number of nitrogens with zero attached hydrogens (tertiary/aromatic N) is 1. The summed E-state index contributed by atoms with van der Waals surface area (Å²) in [5.74, 6) is 0.598. The highest BCUT2D eigenvalue weighted by molar-refractivity contribution is 7.13.